The van der Waals surface area contributed by atoms with E-state index in [9.17, 15) is 9.59 Å². The molecule has 52 valence electrons. The van der Waals surface area contributed by atoms with Crippen LogP contribution in [0.1, 0.15) is 21.0 Å². The summed E-state index contributed by atoms with van der Waals surface area (Å²) in [5.74, 6) is -1.30. The van der Waals surface area contributed by atoms with Crippen LogP contribution in [-0.4, -0.2) is 22.5 Å². The number of nitrogens with zero attached hydrogens (tertiary/aromatic N) is 1. The number of rotatable bonds is 2. The Kier molecular flexibility index (Phi) is 1.49. The molecule has 0 saturated carbocycles. The van der Waals surface area contributed by atoms with Crippen LogP contribution in [-0.2, 0) is 0 Å². The molecule has 0 spiro atoms. The van der Waals surface area contributed by atoms with Crippen molar-refractivity contribution in [1.82, 2.24) is 5.16 Å². The van der Waals surface area contributed by atoms with Gasteiger partial charge in [0.05, 0.1) is 0 Å². The maximum Gasteiger partial charge on any atom is 0.358 e. The zero-order valence-electron chi connectivity index (χ0n) is 4.77. The third kappa shape index (κ3) is 1.02. The fraction of sp³-hybridized carbons (Fsp3) is 0. The van der Waals surface area contributed by atoms with Crippen LogP contribution in [0.15, 0.2) is 10.6 Å². The Hall–Kier alpha value is -1.65. The van der Waals surface area contributed by atoms with E-state index in [1.165, 1.54) is 0 Å². The Morgan fingerprint density at radius 3 is 2.80 bits per heavy atom. The SMILES string of the molecule is O=Cc1cc(C(=O)O)no1. The average molecular weight is 141 g/mol. The molecule has 0 aliphatic heterocycles. The van der Waals surface area contributed by atoms with Crippen molar-refractivity contribution in [3.8, 4) is 0 Å². The second-order valence-corrected chi connectivity index (χ2v) is 1.54. The molecule has 1 rings (SSSR count). The number of carbonyl (C=O) groups is 2. The average Bonchev–Trinajstić information content (AvgIpc) is 2.34. The lowest BCUT2D eigenvalue weighted by Gasteiger charge is -1.75. The molecule has 5 nitrogen and oxygen atoms in total. The maximum absolute atomic E-state index is 10.1. The molecular formula is C5H3NO4. The monoisotopic (exact) mass is 141 g/mol. The molecule has 1 N–H and O–H groups in total. The molecule has 10 heavy (non-hydrogen) atoms. The molecule has 0 radical (unpaired) electrons. The molecule has 0 fully saturated rings. The summed E-state index contributed by atoms with van der Waals surface area (Å²) in [5, 5.41) is 11.3. The number of aromatic carboxylic acids is 1. The summed E-state index contributed by atoms with van der Waals surface area (Å²) in [4.78, 5) is 20.0. The lowest BCUT2D eigenvalue weighted by atomic mass is 10.4. The maximum atomic E-state index is 10.1. The van der Waals surface area contributed by atoms with Gasteiger partial charge in [0.1, 0.15) is 0 Å². The van der Waals surface area contributed by atoms with Crippen LogP contribution < -0.4 is 0 Å². The van der Waals surface area contributed by atoms with E-state index < -0.39 is 5.97 Å². The summed E-state index contributed by atoms with van der Waals surface area (Å²) in [6.07, 6.45) is 0.388. The van der Waals surface area contributed by atoms with Crippen molar-refractivity contribution in [1.29, 1.82) is 0 Å². The predicted octanol–water partition coefficient (Wildman–Crippen LogP) is 0.185. The van der Waals surface area contributed by atoms with Gasteiger partial charge < -0.3 is 9.63 Å². The number of hydrogen-bond donors (Lipinski definition) is 1. The summed E-state index contributed by atoms with van der Waals surface area (Å²) in [5.41, 5.74) is -0.262. The van der Waals surface area contributed by atoms with Gasteiger partial charge in [-0.15, -0.1) is 0 Å². The van der Waals surface area contributed by atoms with E-state index in [0.717, 1.165) is 6.07 Å². The van der Waals surface area contributed by atoms with Gasteiger partial charge in [-0.1, -0.05) is 5.16 Å². The third-order valence-electron chi connectivity index (χ3n) is 0.864. The Balaban J connectivity index is 2.98. The van der Waals surface area contributed by atoms with E-state index in [-0.39, 0.29) is 11.5 Å². The van der Waals surface area contributed by atoms with Crippen LogP contribution in [0, 0.1) is 0 Å². The Labute approximate surface area is 55.2 Å². The minimum atomic E-state index is -1.21. The van der Waals surface area contributed by atoms with Gasteiger partial charge in [0.2, 0.25) is 0 Å². The summed E-state index contributed by atoms with van der Waals surface area (Å²) < 4.78 is 4.28. The number of carboxylic acids is 1. The Morgan fingerprint density at radius 2 is 2.50 bits per heavy atom. The molecule has 1 heterocycles. The first-order valence-corrected chi connectivity index (χ1v) is 2.39. The van der Waals surface area contributed by atoms with Gasteiger partial charge in [-0.3, -0.25) is 4.79 Å². The first-order chi connectivity index (χ1) is 4.74. The van der Waals surface area contributed by atoms with Gasteiger partial charge in [-0.05, 0) is 0 Å². The van der Waals surface area contributed by atoms with E-state index >= 15 is 0 Å². The van der Waals surface area contributed by atoms with Crippen molar-refractivity contribution in [3.05, 3.63) is 17.5 Å². The molecule has 0 bridgehead atoms. The first kappa shape index (κ1) is 6.47. The van der Waals surface area contributed by atoms with E-state index in [1.54, 1.807) is 0 Å². The summed E-state index contributed by atoms with van der Waals surface area (Å²) in [6, 6.07) is 1.05. The van der Waals surface area contributed by atoms with Gasteiger partial charge in [0, 0.05) is 6.07 Å². The molecule has 0 aliphatic rings. The number of aromatic nitrogens is 1. The van der Waals surface area contributed by atoms with E-state index in [2.05, 4.69) is 9.68 Å². The van der Waals surface area contributed by atoms with Crippen molar-refractivity contribution < 1.29 is 19.2 Å². The van der Waals surface area contributed by atoms with Gasteiger partial charge in [-0.25, -0.2) is 4.79 Å². The van der Waals surface area contributed by atoms with Crippen LogP contribution >= 0.6 is 0 Å². The molecule has 0 aliphatic carbocycles. The number of carboxylic acid groups (broad SMARTS) is 1. The van der Waals surface area contributed by atoms with Crippen LogP contribution in [0.25, 0.3) is 0 Å². The summed E-state index contributed by atoms with van der Waals surface area (Å²) in [7, 11) is 0. The van der Waals surface area contributed by atoms with Crippen molar-refractivity contribution in [2.75, 3.05) is 0 Å². The molecule has 0 amide bonds. The molecule has 0 aromatic carbocycles. The zero-order valence-corrected chi connectivity index (χ0v) is 4.77. The van der Waals surface area contributed by atoms with E-state index in [4.69, 9.17) is 5.11 Å². The summed E-state index contributed by atoms with van der Waals surface area (Å²) >= 11 is 0. The molecule has 5 heteroatoms. The van der Waals surface area contributed by atoms with Crippen molar-refractivity contribution in [2.45, 2.75) is 0 Å². The highest BCUT2D eigenvalue weighted by molar-refractivity contribution is 5.87. The minimum absolute atomic E-state index is 0.0857. The van der Waals surface area contributed by atoms with Crippen molar-refractivity contribution >= 4 is 12.3 Å². The second kappa shape index (κ2) is 2.30. The largest absolute Gasteiger partial charge is 0.476 e. The van der Waals surface area contributed by atoms with Crippen LogP contribution in [0.2, 0.25) is 0 Å². The molecule has 1 aromatic heterocycles. The van der Waals surface area contributed by atoms with E-state index in [1.807, 2.05) is 0 Å². The van der Waals surface area contributed by atoms with Gasteiger partial charge in [0.25, 0.3) is 0 Å². The minimum Gasteiger partial charge on any atom is -0.476 e. The van der Waals surface area contributed by atoms with Gasteiger partial charge >= 0.3 is 5.97 Å². The quantitative estimate of drug-likeness (QED) is 0.594. The lowest BCUT2D eigenvalue weighted by molar-refractivity contribution is 0.0685. The smallest absolute Gasteiger partial charge is 0.358 e. The topological polar surface area (TPSA) is 80.4 Å². The van der Waals surface area contributed by atoms with Gasteiger partial charge in [0.15, 0.2) is 17.7 Å². The molecular weight excluding hydrogens is 138 g/mol. The molecule has 0 saturated heterocycles. The first-order valence-electron chi connectivity index (χ1n) is 2.39. The van der Waals surface area contributed by atoms with Crippen molar-refractivity contribution in [3.63, 3.8) is 0 Å². The van der Waals surface area contributed by atoms with Crippen molar-refractivity contribution in [2.24, 2.45) is 0 Å². The normalized spacial score (nSPS) is 9.20. The molecule has 0 atom stereocenters. The molecule has 0 unspecified atom stereocenters. The number of aldehydes is 1. The van der Waals surface area contributed by atoms with Crippen LogP contribution in [0.3, 0.4) is 0 Å². The number of carbonyl (C=O) groups excluding carboxylic acids is 1. The fourth-order valence-corrected chi connectivity index (χ4v) is 0.446. The highest BCUT2D eigenvalue weighted by Gasteiger charge is 2.08. The van der Waals surface area contributed by atoms with Gasteiger partial charge in [-0.2, -0.15) is 0 Å². The Bertz CT molecular complexity index is 264. The zero-order chi connectivity index (χ0) is 7.56. The van der Waals surface area contributed by atoms with E-state index in [0.29, 0.717) is 6.29 Å². The van der Waals surface area contributed by atoms with Crippen LogP contribution in [0.5, 0.6) is 0 Å². The predicted molar refractivity (Wildman–Crippen MR) is 28.8 cm³/mol. The fourth-order valence-electron chi connectivity index (χ4n) is 0.446. The standard InChI is InChI=1S/C5H3NO4/c7-2-3-1-4(5(8)9)6-10-3/h1-2H,(H,8,9). The van der Waals surface area contributed by atoms with Crippen LogP contribution in [0.4, 0.5) is 0 Å². The Morgan fingerprint density at radius 1 is 1.80 bits per heavy atom. The highest BCUT2D eigenvalue weighted by Crippen LogP contribution is 1.99. The second-order valence-electron chi connectivity index (χ2n) is 1.54. The summed E-state index contributed by atoms with van der Waals surface area (Å²) in [6.45, 7) is 0. The molecule has 1 aromatic rings. The lowest BCUT2D eigenvalue weighted by Crippen LogP contribution is -1.94. The highest BCUT2D eigenvalue weighted by atomic mass is 16.5. The third-order valence-corrected chi connectivity index (χ3v) is 0.864. The number of hydrogen-bond acceptors (Lipinski definition) is 4.